The number of anilines is 3. The zero-order valence-corrected chi connectivity index (χ0v) is 21.3. The molecule has 6 nitrogen and oxygen atoms in total. The van der Waals surface area contributed by atoms with Crippen molar-refractivity contribution in [3.8, 4) is 0 Å². The number of amides is 3. The van der Waals surface area contributed by atoms with E-state index < -0.39 is 12.1 Å². The maximum absolute atomic E-state index is 13.0. The molecule has 35 heavy (non-hydrogen) atoms. The van der Waals surface area contributed by atoms with Crippen LogP contribution >= 0.6 is 23.5 Å². The monoisotopic (exact) mass is 514 g/mol. The molecule has 1 fully saturated rings. The third-order valence-electron chi connectivity index (χ3n) is 5.97. The van der Waals surface area contributed by atoms with Gasteiger partial charge in [-0.2, -0.15) is 0 Å². The smallest absolute Gasteiger partial charge is 0.324 e. The van der Waals surface area contributed by atoms with Crippen LogP contribution < -0.4 is 14.9 Å². The highest BCUT2D eigenvalue weighted by atomic mass is 35.5. The summed E-state index contributed by atoms with van der Waals surface area (Å²) in [6, 6.07) is 19.3. The Balaban J connectivity index is 1.47. The molecule has 2 N–H and O–H groups in total. The Bertz CT molecular complexity index is 1220. The van der Waals surface area contributed by atoms with E-state index in [4.69, 9.17) is 11.6 Å². The molecule has 0 radical (unpaired) electrons. The highest BCUT2D eigenvalue weighted by molar-refractivity contribution is 8.00. The van der Waals surface area contributed by atoms with Gasteiger partial charge in [-0.25, -0.2) is 9.18 Å². The zero-order valence-electron chi connectivity index (χ0n) is 19.7. The van der Waals surface area contributed by atoms with Crippen molar-refractivity contribution >= 4 is 63.3 Å². The molecule has 0 aromatic heterocycles. The van der Waals surface area contributed by atoms with Gasteiger partial charge in [0.25, 0.3) is 0 Å². The van der Waals surface area contributed by atoms with Crippen molar-refractivity contribution < 1.29 is 14.0 Å². The Kier molecular flexibility index (Phi) is 7.72. The third-order valence-corrected chi connectivity index (χ3v) is 7.05. The molecule has 0 unspecified atom stereocenters. The number of alkyl halides is 2. The van der Waals surface area contributed by atoms with Crippen molar-refractivity contribution in [1.29, 1.82) is 0 Å². The second kappa shape index (κ2) is 10.7. The first-order valence-electron chi connectivity index (χ1n) is 11.4. The molecule has 1 aliphatic rings. The van der Waals surface area contributed by atoms with Gasteiger partial charge in [-0.05, 0) is 67.6 Å². The minimum atomic E-state index is -1.07. The molecule has 1 saturated heterocycles. The fourth-order valence-corrected chi connectivity index (χ4v) is 4.80. The second-order valence-corrected chi connectivity index (χ2v) is 10.2. The van der Waals surface area contributed by atoms with E-state index in [1.807, 2.05) is 53.4 Å². The lowest BCUT2D eigenvalue weighted by molar-refractivity contribution is -0.124. The maximum Gasteiger partial charge on any atom is 0.324 e. The van der Waals surface area contributed by atoms with Gasteiger partial charge in [0.05, 0.1) is 11.1 Å². The maximum atomic E-state index is 13.0. The largest absolute Gasteiger partial charge is 0.326 e. The van der Waals surface area contributed by atoms with E-state index >= 15 is 0 Å². The van der Waals surface area contributed by atoms with Crippen LogP contribution in [0, 0.1) is 5.41 Å². The lowest BCUT2D eigenvalue weighted by atomic mass is 9.94. The normalized spacial score (nSPS) is 14.0. The van der Waals surface area contributed by atoms with Crippen LogP contribution in [0.5, 0.6) is 0 Å². The number of rotatable bonds is 9. The van der Waals surface area contributed by atoms with E-state index in [-0.39, 0.29) is 11.9 Å². The van der Waals surface area contributed by atoms with Gasteiger partial charge in [0.1, 0.15) is 6.67 Å². The fourth-order valence-electron chi connectivity index (χ4n) is 3.80. The van der Waals surface area contributed by atoms with E-state index in [0.717, 1.165) is 27.0 Å². The van der Waals surface area contributed by atoms with Gasteiger partial charge >= 0.3 is 6.03 Å². The number of fused-ring (bicyclic) bond motifs is 1. The molecule has 0 spiro atoms. The molecule has 3 aromatic carbocycles. The molecule has 0 bridgehead atoms. The molecule has 0 atom stereocenters. The van der Waals surface area contributed by atoms with Crippen molar-refractivity contribution in [2.45, 2.75) is 18.7 Å². The van der Waals surface area contributed by atoms with Gasteiger partial charge in [0, 0.05) is 47.2 Å². The fraction of sp³-hybridized carbons (Fsp3) is 0.308. The first kappa shape index (κ1) is 25.1. The van der Waals surface area contributed by atoms with Gasteiger partial charge in [-0.1, -0.05) is 24.3 Å². The average molecular weight is 515 g/mol. The molecule has 1 heterocycles. The number of hydrogen-bond acceptors (Lipinski definition) is 4. The number of nitrogens with zero attached hydrogens (tertiary/aromatic N) is 2. The van der Waals surface area contributed by atoms with Crippen LogP contribution in [-0.4, -0.2) is 49.0 Å². The summed E-state index contributed by atoms with van der Waals surface area (Å²) in [5, 5.41) is 4.80. The van der Waals surface area contributed by atoms with E-state index in [1.165, 1.54) is 11.9 Å². The van der Waals surface area contributed by atoms with Crippen LogP contribution in [0.1, 0.15) is 13.8 Å². The summed E-state index contributed by atoms with van der Waals surface area (Å²) < 4.78 is 16.4. The SMILES string of the molecule is CC(C)(CF)C(=O)Nc1ccc(NSc2cccc3c(N4CCN(CCCl)C4=O)cccc23)cc1. The van der Waals surface area contributed by atoms with E-state index in [1.54, 1.807) is 30.9 Å². The summed E-state index contributed by atoms with van der Waals surface area (Å²) in [7, 11) is 0. The minimum Gasteiger partial charge on any atom is -0.326 e. The number of nitrogens with one attached hydrogen (secondary N) is 2. The molecule has 1 aliphatic heterocycles. The molecular weight excluding hydrogens is 487 g/mol. The summed E-state index contributed by atoms with van der Waals surface area (Å²) in [5.74, 6) is 0.0637. The van der Waals surface area contributed by atoms with Gasteiger partial charge in [0.15, 0.2) is 0 Å². The first-order chi connectivity index (χ1) is 16.8. The number of carbonyl (C=O) groups is 2. The van der Waals surface area contributed by atoms with Crippen LogP contribution in [-0.2, 0) is 4.79 Å². The van der Waals surface area contributed by atoms with Crippen molar-refractivity contribution in [2.24, 2.45) is 5.41 Å². The summed E-state index contributed by atoms with van der Waals surface area (Å²) in [5.41, 5.74) is 1.29. The number of carbonyl (C=O) groups excluding carboxylic acids is 2. The van der Waals surface area contributed by atoms with Gasteiger partial charge < -0.3 is 14.9 Å². The van der Waals surface area contributed by atoms with Crippen LogP contribution in [0.2, 0.25) is 0 Å². The molecular formula is C26H28ClFN4O2S. The Morgan fingerprint density at radius 3 is 2.43 bits per heavy atom. The predicted octanol–water partition coefficient (Wildman–Crippen LogP) is 6.37. The Morgan fingerprint density at radius 1 is 1.03 bits per heavy atom. The molecule has 4 rings (SSSR count). The van der Waals surface area contributed by atoms with Crippen LogP contribution in [0.25, 0.3) is 10.8 Å². The van der Waals surface area contributed by atoms with E-state index in [9.17, 15) is 14.0 Å². The summed E-state index contributed by atoms with van der Waals surface area (Å²) in [4.78, 5) is 29.6. The third kappa shape index (κ3) is 5.49. The summed E-state index contributed by atoms with van der Waals surface area (Å²) in [6.45, 7) is 4.26. The first-order valence-corrected chi connectivity index (χ1v) is 12.7. The standard InChI is InChI=1S/C26H28ClFN4O2S/c1-26(2,17-28)24(33)29-18-9-11-19(12-10-18)30-35-23-8-4-5-20-21(23)6-3-7-22(20)32-16-15-31(14-13-27)25(32)34/h3-12,30H,13-17H2,1-2H3,(H,29,33). The highest BCUT2D eigenvalue weighted by Gasteiger charge is 2.30. The molecule has 3 aromatic rings. The summed E-state index contributed by atoms with van der Waals surface area (Å²) >= 11 is 7.32. The van der Waals surface area contributed by atoms with Gasteiger partial charge in [-0.15, -0.1) is 11.6 Å². The van der Waals surface area contributed by atoms with Crippen molar-refractivity contribution in [2.75, 3.05) is 47.1 Å². The second-order valence-electron chi connectivity index (χ2n) is 8.99. The lowest BCUT2D eigenvalue weighted by Crippen LogP contribution is -2.33. The van der Waals surface area contributed by atoms with E-state index in [2.05, 4.69) is 10.0 Å². The predicted molar refractivity (Wildman–Crippen MR) is 143 cm³/mol. The number of benzene rings is 3. The Morgan fingerprint density at radius 2 is 1.71 bits per heavy atom. The Hall–Kier alpha value is -2.97. The van der Waals surface area contributed by atoms with Gasteiger partial charge in [0.2, 0.25) is 5.91 Å². The van der Waals surface area contributed by atoms with Crippen molar-refractivity contribution in [3.63, 3.8) is 0 Å². The number of hydrogen-bond donors (Lipinski definition) is 2. The molecule has 184 valence electrons. The topological polar surface area (TPSA) is 64.7 Å². The number of urea groups is 1. The van der Waals surface area contributed by atoms with E-state index in [0.29, 0.717) is 31.2 Å². The van der Waals surface area contributed by atoms with Crippen LogP contribution in [0.15, 0.2) is 65.6 Å². The molecule has 3 amide bonds. The highest BCUT2D eigenvalue weighted by Crippen LogP contribution is 2.35. The van der Waals surface area contributed by atoms with Crippen molar-refractivity contribution in [1.82, 2.24) is 4.90 Å². The van der Waals surface area contributed by atoms with Gasteiger partial charge in [-0.3, -0.25) is 9.69 Å². The zero-order chi connectivity index (χ0) is 25.0. The molecule has 9 heteroatoms. The van der Waals surface area contributed by atoms with Crippen LogP contribution in [0.3, 0.4) is 0 Å². The minimum absolute atomic E-state index is 0.0172. The lowest BCUT2D eigenvalue weighted by Gasteiger charge is -2.20. The molecule has 0 saturated carbocycles. The quantitative estimate of drug-likeness (QED) is 0.257. The number of halogens is 2. The summed E-state index contributed by atoms with van der Waals surface area (Å²) in [6.07, 6.45) is 0. The van der Waals surface area contributed by atoms with Crippen molar-refractivity contribution in [3.05, 3.63) is 60.7 Å². The van der Waals surface area contributed by atoms with Crippen LogP contribution in [0.4, 0.5) is 26.2 Å². The molecule has 0 aliphatic carbocycles. The Labute approximate surface area is 213 Å². The average Bonchev–Trinajstić information content (AvgIpc) is 3.23.